The van der Waals surface area contributed by atoms with Gasteiger partial charge in [-0.1, -0.05) is 0 Å². The van der Waals surface area contributed by atoms with Crippen molar-refractivity contribution >= 4 is 11.8 Å². The first-order chi connectivity index (χ1) is 5.90. The smallest absolute Gasteiger partial charge is 0.00461 e. The van der Waals surface area contributed by atoms with Crippen molar-refractivity contribution in [2.45, 2.75) is 25.7 Å². The van der Waals surface area contributed by atoms with Gasteiger partial charge in [-0.05, 0) is 61.5 Å². The molecule has 1 aliphatic heterocycles. The number of nitrogens with two attached hydrogens (primary N) is 1. The third-order valence-corrected chi connectivity index (χ3v) is 4.40. The lowest BCUT2D eigenvalue weighted by atomic mass is 9.95. The summed E-state index contributed by atoms with van der Waals surface area (Å²) >= 11 is 2.13. The third-order valence-electron chi connectivity index (χ3n) is 3.35. The van der Waals surface area contributed by atoms with Gasteiger partial charge in [0, 0.05) is 0 Å². The highest BCUT2D eigenvalue weighted by Gasteiger charge is 2.37. The minimum absolute atomic E-state index is 0.902. The fourth-order valence-electron chi connectivity index (χ4n) is 2.30. The van der Waals surface area contributed by atoms with E-state index in [9.17, 15) is 0 Å². The van der Waals surface area contributed by atoms with Crippen LogP contribution in [0.2, 0.25) is 0 Å². The SMILES string of the molecule is NCC1CC1CC1CCSCC1. The Morgan fingerprint density at radius 2 is 1.92 bits per heavy atom. The van der Waals surface area contributed by atoms with E-state index >= 15 is 0 Å². The molecule has 2 unspecified atom stereocenters. The van der Waals surface area contributed by atoms with Gasteiger partial charge >= 0.3 is 0 Å². The van der Waals surface area contributed by atoms with Gasteiger partial charge in [-0.3, -0.25) is 0 Å². The zero-order valence-electron chi connectivity index (χ0n) is 7.67. The zero-order chi connectivity index (χ0) is 8.39. The van der Waals surface area contributed by atoms with E-state index in [0.717, 1.165) is 24.3 Å². The molecule has 0 aromatic rings. The van der Waals surface area contributed by atoms with Crippen molar-refractivity contribution in [1.29, 1.82) is 0 Å². The summed E-state index contributed by atoms with van der Waals surface area (Å²) in [6, 6.07) is 0. The van der Waals surface area contributed by atoms with E-state index in [4.69, 9.17) is 5.73 Å². The van der Waals surface area contributed by atoms with E-state index in [1.165, 1.54) is 37.2 Å². The molecule has 1 saturated heterocycles. The molecule has 0 bridgehead atoms. The van der Waals surface area contributed by atoms with Gasteiger partial charge < -0.3 is 5.73 Å². The number of thioether (sulfide) groups is 1. The molecule has 2 heteroatoms. The minimum Gasteiger partial charge on any atom is -0.330 e. The van der Waals surface area contributed by atoms with E-state index in [2.05, 4.69) is 11.8 Å². The lowest BCUT2D eigenvalue weighted by molar-refractivity contribution is 0.416. The van der Waals surface area contributed by atoms with Crippen LogP contribution in [0.1, 0.15) is 25.7 Å². The Balaban J connectivity index is 1.66. The molecule has 1 heterocycles. The van der Waals surface area contributed by atoms with Crippen LogP contribution in [-0.2, 0) is 0 Å². The van der Waals surface area contributed by atoms with Crippen LogP contribution in [0.25, 0.3) is 0 Å². The normalized spacial score (nSPS) is 36.8. The van der Waals surface area contributed by atoms with Crippen LogP contribution in [0.5, 0.6) is 0 Å². The maximum absolute atomic E-state index is 5.63. The van der Waals surface area contributed by atoms with Crippen LogP contribution >= 0.6 is 11.8 Å². The maximum atomic E-state index is 5.63. The minimum atomic E-state index is 0.902. The fourth-order valence-corrected chi connectivity index (χ4v) is 3.50. The predicted octanol–water partition coefficient (Wildman–Crippen LogP) is 2.11. The molecule has 2 aliphatic rings. The van der Waals surface area contributed by atoms with Crippen molar-refractivity contribution in [1.82, 2.24) is 0 Å². The predicted molar refractivity (Wildman–Crippen MR) is 55.3 cm³/mol. The van der Waals surface area contributed by atoms with Crippen LogP contribution < -0.4 is 5.73 Å². The quantitative estimate of drug-likeness (QED) is 0.729. The van der Waals surface area contributed by atoms with Gasteiger partial charge in [0.15, 0.2) is 0 Å². The molecule has 0 radical (unpaired) electrons. The summed E-state index contributed by atoms with van der Waals surface area (Å²) in [6.07, 6.45) is 5.86. The van der Waals surface area contributed by atoms with E-state index in [1.54, 1.807) is 0 Å². The van der Waals surface area contributed by atoms with E-state index in [0.29, 0.717) is 0 Å². The first kappa shape index (κ1) is 8.89. The summed E-state index contributed by atoms with van der Waals surface area (Å²) in [5, 5.41) is 0. The molecule has 0 aromatic carbocycles. The van der Waals surface area contributed by atoms with Gasteiger partial charge in [0.05, 0.1) is 0 Å². The van der Waals surface area contributed by atoms with Crippen molar-refractivity contribution in [2.24, 2.45) is 23.5 Å². The van der Waals surface area contributed by atoms with Gasteiger partial charge in [0.25, 0.3) is 0 Å². The second-order valence-corrected chi connectivity index (χ2v) is 5.51. The Labute approximate surface area is 79.5 Å². The van der Waals surface area contributed by atoms with Crippen molar-refractivity contribution in [3.8, 4) is 0 Å². The third kappa shape index (κ3) is 2.17. The van der Waals surface area contributed by atoms with Gasteiger partial charge in [0.1, 0.15) is 0 Å². The lowest BCUT2D eigenvalue weighted by Crippen LogP contribution is -2.11. The van der Waals surface area contributed by atoms with E-state index in [1.807, 2.05) is 0 Å². The Bertz CT molecular complexity index is 143. The fraction of sp³-hybridized carbons (Fsp3) is 1.00. The van der Waals surface area contributed by atoms with Crippen LogP contribution in [0, 0.1) is 17.8 Å². The van der Waals surface area contributed by atoms with Crippen molar-refractivity contribution in [3.63, 3.8) is 0 Å². The number of hydrogen-bond acceptors (Lipinski definition) is 2. The molecule has 2 atom stereocenters. The molecule has 2 rings (SSSR count). The van der Waals surface area contributed by atoms with Crippen molar-refractivity contribution < 1.29 is 0 Å². The summed E-state index contributed by atoms with van der Waals surface area (Å²) in [5.74, 6) is 5.78. The molecular weight excluding hydrogens is 166 g/mol. The van der Waals surface area contributed by atoms with Gasteiger partial charge in [-0.2, -0.15) is 11.8 Å². The average molecular weight is 185 g/mol. The molecule has 0 spiro atoms. The summed E-state index contributed by atoms with van der Waals surface area (Å²) in [6.45, 7) is 0.937. The molecule has 1 saturated carbocycles. The second-order valence-electron chi connectivity index (χ2n) is 4.28. The zero-order valence-corrected chi connectivity index (χ0v) is 8.48. The van der Waals surface area contributed by atoms with Gasteiger partial charge in [-0.25, -0.2) is 0 Å². The van der Waals surface area contributed by atoms with E-state index < -0.39 is 0 Å². The van der Waals surface area contributed by atoms with Crippen LogP contribution in [-0.4, -0.2) is 18.1 Å². The standard InChI is InChI=1S/C10H19NS/c11-7-10-6-9(10)5-8-1-3-12-4-2-8/h8-10H,1-7,11H2. The molecule has 12 heavy (non-hydrogen) atoms. The number of hydrogen-bond donors (Lipinski definition) is 1. The Morgan fingerprint density at radius 3 is 2.50 bits per heavy atom. The van der Waals surface area contributed by atoms with Crippen molar-refractivity contribution in [2.75, 3.05) is 18.1 Å². The molecule has 0 aromatic heterocycles. The highest BCUT2D eigenvalue weighted by atomic mass is 32.2. The summed E-state index contributed by atoms with van der Waals surface area (Å²) in [4.78, 5) is 0. The largest absolute Gasteiger partial charge is 0.330 e. The topological polar surface area (TPSA) is 26.0 Å². The summed E-state index contributed by atoms with van der Waals surface area (Å²) in [7, 11) is 0. The first-order valence-electron chi connectivity index (χ1n) is 5.18. The highest BCUT2D eigenvalue weighted by molar-refractivity contribution is 7.99. The van der Waals surface area contributed by atoms with E-state index in [-0.39, 0.29) is 0 Å². The molecule has 2 N–H and O–H groups in total. The highest BCUT2D eigenvalue weighted by Crippen LogP contribution is 2.44. The Kier molecular flexibility index (Phi) is 2.97. The molecule has 1 nitrogen and oxygen atoms in total. The Hall–Kier alpha value is 0.310. The second kappa shape index (κ2) is 4.01. The van der Waals surface area contributed by atoms with Crippen LogP contribution in [0.4, 0.5) is 0 Å². The van der Waals surface area contributed by atoms with Crippen molar-refractivity contribution in [3.05, 3.63) is 0 Å². The average Bonchev–Trinajstić information content (AvgIpc) is 2.85. The summed E-state index contributed by atoms with van der Waals surface area (Å²) < 4.78 is 0. The van der Waals surface area contributed by atoms with Crippen LogP contribution in [0.3, 0.4) is 0 Å². The molecule has 70 valence electrons. The maximum Gasteiger partial charge on any atom is -0.00461 e. The molecule has 0 amide bonds. The van der Waals surface area contributed by atoms with Crippen LogP contribution in [0.15, 0.2) is 0 Å². The molecule has 2 fully saturated rings. The monoisotopic (exact) mass is 185 g/mol. The molecule has 1 aliphatic carbocycles. The first-order valence-corrected chi connectivity index (χ1v) is 6.33. The lowest BCUT2D eigenvalue weighted by Gasteiger charge is -2.21. The number of rotatable bonds is 3. The molecular formula is C10H19NS. The summed E-state index contributed by atoms with van der Waals surface area (Å²) in [5.41, 5.74) is 5.63. The Morgan fingerprint density at radius 1 is 1.17 bits per heavy atom. The van der Waals surface area contributed by atoms with Gasteiger partial charge in [-0.15, -0.1) is 0 Å². The van der Waals surface area contributed by atoms with Gasteiger partial charge in [0.2, 0.25) is 0 Å².